The molecule has 1 saturated heterocycles. The number of rotatable bonds is 10. The number of carbonyl (C=O) groups is 5. The van der Waals surface area contributed by atoms with E-state index in [9.17, 15) is 24.0 Å². The molecule has 3 unspecified atom stereocenters. The Hall–Kier alpha value is -2.69. The second-order valence-corrected chi connectivity index (χ2v) is 7.27. The molecule has 3 atom stereocenters. The van der Waals surface area contributed by atoms with Gasteiger partial charge in [-0.3, -0.25) is 24.0 Å². The van der Waals surface area contributed by atoms with Gasteiger partial charge in [0.05, 0.1) is 12.5 Å². The van der Waals surface area contributed by atoms with Gasteiger partial charge in [0.25, 0.3) is 0 Å². The average molecular weight is 399 g/mol. The highest BCUT2D eigenvalue weighted by molar-refractivity contribution is 5.95. The number of carbonyl (C=O) groups excluding carboxylic acids is 4. The molecular formula is C17H29N5O6. The van der Waals surface area contributed by atoms with Gasteiger partial charge in [-0.1, -0.05) is 13.8 Å². The van der Waals surface area contributed by atoms with Crippen molar-refractivity contribution >= 4 is 29.6 Å². The Morgan fingerprint density at radius 3 is 2.39 bits per heavy atom. The second kappa shape index (κ2) is 10.6. The Morgan fingerprint density at radius 1 is 1.21 bits per heavy atom. The molecule has 1 aliphatic rings. The molecule has 1 aliphatic heterocycles. The third kappa shape index (κ3) is 7.14. The number of amides is 4. The fourth-order valence-corrected chi connectivity index (χ4v) is 3.06. The van der Waals surface area contributed by atoms with Gasteiger partial charge in [0.15, 0.2) is 0 Å². The molecule has 1 fully saturated rings. The van der Waals surface area contributed by atoms with E-state index in [1.165, 1.54) is 4.90 Å². The molecule has 7 N–H and O–H groups in total. The smallest absolute Gasteiger partial charge is 0.322 e. The van der Waals surface area contributed by atoms with Gasteiger partial charge in [0.2, 0.25) is 23.6 Å². The van der Waals surface area contributed by atoms with E-state index in [4.69, 9.17) is 16.6 Å². The molecule has 11 nitrogen and oxygen atoms in total. The topological polar surface area (TPSA) is 185 Å². The number of nitrogens with zero attached hydrogens (tertiary/aromatic N) is 1. The first kappa shape index (κ1) is 23.3. The number of primary amides is 1. The molecule has 0 bridgehead atoms. The summed E-state index contributed by atoms with van der Waals surface area (Å²) < 4.78 is 0. The van der Waals surface area contributed by atoms with Crippen LogP contribution in [0, 0.1) is 5.92 Å². The normalized spacial score (nSPS) is 18.4. The van der Waals surface area contributed by atoms with Crippen molar-refractivity contribution in [2.45, 2.75) is 57.7 Å². The first-order valence-electron chi connectivity index (χ1n) is 9.17. The van der Waals surface area contributed by atoms with Crippen LogP contribution in [0.15, 0.2) is 0 Å². The largest absolute Gasteiger partial charge is 0.480 e. The fraction of sp³-hybridized carbons (Fsp3) is 0.706. The molecule has 11 heteroatoms. The van der Waals surface area contributed by atoms with Crippen LogP contribution in [-0.2, 0) is 24.0 Å². The molecule has 4 amide bonds. The van der Waals surface area contributed by atoms with E-state index in [2.05, 4.69) is 10.6 Å². The average Bonchev–Trinajstić information content (AvgIpc) is 3.06. The van der Waals surface area contributed by atoms with E-state index in [1.807, 2.05) is 13.8 Å². The molecule has 0 aromatic carbocycles. The number of nitrogens with two attached hydrogens (primary N) is 2. The molecule has 0 aromatic rings. The second-order valence-electron chi connectivity index (χ2n) is 7.27. The van der Waals surface area contributed by atoms with Gasteiger partial charge in [-0.25, -0.2) is 0 Å². The number of carboxylic acid groups (broad SMARTS) is 1. The lowest BCUT2D eigenvalue weighted by Gasteiger charge is -2.30. The van der Waals surface area contributed by atoms with Crippen molar-refractivity contribution in [2.75, 3.05) is 13.1 Å². The third-order valence-corrected chi connectivity index (χ3v) is 4.33. The van der Waals surface area contributed by atoms with E-state index in [0.717, 1.165) is 0 Å². The van der Waals surface area contributed by atoms with Crippen molar-refractivity contribution < 1.29 is 29.1 Å². The number of hydrogen-bond acceptors (Lipinski definition) is 6. The first-order valence-corrected chi connectivity index (χ1v) is 9.17. The lowest BCUT2D eigenvalue weighted by Crippen LogP contribution is -2.56. The summed E-state index contributed by atoms with van der Waals surface area (Å²) in [5, 5.41) is 13.5. The molecule has 0 aromatic heterocycles. The zero-order valence-electron chi connectivity index (χ0n) is 16.1. The Balaban J connectivity index is 2.87. The predicted molar refractivity (Wildman–Crippen MR) is 98.6 cm³/mol. The zero-order chi connectivity index (χ0) is 21.4. The van der Waals surface area contributed by atoms with Crippen molar-refractivity contribution in [3.63, 3.8) is 0 Å². The van der Waals surface area contributed by atoms with Crippen molar-refractivity contribution in [3.8, 4) is 0 Å². The van der Waals surface area contributed by atoms with Crippen molar-refractivity contribution in [3.05, 3.63) is 0 Å². The summed E-state index contributed by atoms with van der Waals surface area (Å²) in [5.74, 6) is -3.52. The molecule has 0 spiro atoms. The van der Waals surface area contributed by atoms with Crippen LogP contribution in [0.25, 0.3) is 0 Å². The maximum absolute atomic E-state index is 13.0. The number of carboxylic acids is 1. The van der Waals surface area contributed by atoms with Crippen LogP contribution in [0.5, 0.6) is 0 Å². The summed E-state index contributed by atoms with van der Waals surface area (Å²) in [7, 11) is 0. The fourth-order valence-electron chi connectivity index (χ4n) is 3.06. The highest BCUT2D eigenvalue weighted by Crippen LogP contribution is 2.20. The van der Waals surface area contributed by atoms with Gasteiger partial charge in [-0.05, 0) is 25.2 Å². The van der Waals surface area contributed by atoms with Crippen LogP contribution in [0.4, 0.5) is 0 Å². The Bertz CT molecular complexity index is 623. The lowest BCUT2D eigenvalue weighted by atomic mass is 10.0. The summed E-state index contributed by atoms with van der Waals surface area (Å²) in [5.41, 5.74) is 10.7. The van der Waals surface area contributed by atoms with Gasteiger partial charge in [0, 0.05) is 6.54 Å². The maximum Gasteiger partial charge on any atom is 0.322 e. The van der Waals surface area contributed by atoms with Gasteiger partial charge in [-0.2, -0.15) is 0 Å². The maximum atomic E-state index is 13.0. The minimum Gasteiger partial charge on any atom is -0.480 e. The highest BCUT2D eigenvalue weighted by Gasteiger charge is 2.38. The summed E-state index contributed by atoms with van der Waals surface area (Å²) in [4.78, 5) is 60.4. The van der Waals surface area contributed by atoms with Gasteiger partial charge in [-0.15, -0.1) is 0 Å². The minimum absolute atomic E-state index is 0.0588. The molecule has 0 saturated carbocycles. The molecule has 1 heterocycles. The van der Waals surface area contributed by atoms with Crippen LogP contribution in [0.2, 0.25) is 0 Å². The minimum atomic E-state index is -1.18. The lowest BCUT2D eigenvalue weighted by molar-refractivity contribution is -0.143. The van der Waals surface area contributed by atoms with Crippen LogP contribution in [-0.4, -0.2) is 70.8 Å². The molecule has 28 heavy (non-hydrogen) atoms. The quantitative estimate of drug-likeness (QED) is 0.279. The monoisotopic (exact) mass is 399 g/mol. The SMILES string of the molecule is CC(C)CC(NC(=O)C(N)CC(N)=O)C(=O)N1CCCC1C(=O)NCC(=O)O. The van der Waals surface area contributed by atoms with Crippen LogP contribution < -0.4 is 22.1 Å². The molecule has 0 radical (unpaired) electrons. The highest BCUT2D eigenvalue weighted by atomic mass is 16.4. The van der Waals surface area contributed by atoms with Crippen LogP contribution in [0.1, 0.15) is 39.5 Å². The molecule has 1 rings (SSSR count). The van der Waals surface area contributed by atoms with Crippen molar-refractivity contribution in [2.24, 2.45) is 17.4 Å². The molecule has 158 valence electrons. The van der Waals surface area contributed by atoms with Crippen LogP contribution >= 0.6 is 0 Å². The van der Waals surface area contributed by atoms with Crippen LogP contribution in [0.3, 0.4) is 0 Å². The van der Waals surface area contributed by atoms with E-state index < -0.39 is 54.3 Å². The first-order chi connectivity index (χ1) is 13.0. The predicted octanol–water partition coefficient (Wildman–Crippen LogP) is -2.09. The number of likely N-dealkylation sites (tertiary alicyclic amines) is 1. The number of nitrogens with one attached hydrogen (secondary N) is 2. The van der Waals surface area contributed by atoms with Gasteiger partial charge >= 0.3 is 5.97 Å². The Labute approximate surface area is 163 Å². The summed E-state index contributed by atoms with van der Waals surface area (Å²) in [6.07, 6.45) is 0.952. The van der Waals surface area contributed by atoms with Crippen molar-refractivity contribution in [1.82, 2.24) is 15.5 Å². The van der Waals surface area contributed by atoms with Gasteiger partial charge in [0.1, 0.15) is 18.6 Å². The summed E-state index contributed by atoms with van der Waals surface area (Å²) in [6.45, 7) is 3.53. The Kier molecular flexibility index (Phi) is 8.83. The summed E-state index contributed by atoms with van der Waals surface area (Å²) in [6, 6.07) is -2.88. The summed E-state index contributed by atoms with van der Waals surface area (Å²) >= 11 is 0. The third-order valence-electron chi connectivity index (χ3n) is 4.33. The van der Waals surface area contributed by atoms with Crippen molar-refractivity contribution in [1.29, 1.82) is 0 Å². The molecule has 0 aliphatic carbocycles. The zero-order valence-corrected chi connectivity index (χ0v) is 16.1. The van der Waals surface area contributed by atoms with E-state index >= 15 is 0 Å². The number of aliphatic carboxylic acids is 1. The van der Waals surface area contributed by atoms with E-state index in [0.29, 0.717) is 25.8 Å². The van der Waals surface area contributed by atoms with E-state index in [1.54, 1.807) is 0 Å². The van der Waals surface area contributed by atoms with Gasteiger partial charge < -0.3 is 32.1 Å². The Morgan fingerprint density at radius 2 is 1.86 bits per heavy atom. The molecular weight excluding hydrogens is 370 g/mol. The standard InChI is InChI=1S/C17H29N5O6/c1-9(2)6-11(21-15(26)10(18)7-13(19)23)17(28)22-5-3-4-12(22)16(27)20-8-14(24)25/h9-12H,3-8,18H2,1-2H3,(H2,19,23)(H,20,27)(H,21,26)(H,24,25). The number of hydrogen-bond donors (Lipinski definition) is 5. The van der Waals surface area contributed by atoms with E-state index in [-0.39, 0.29) is 12.3 Å².